The predicted molar refractivity (Wildman–Crippen MR) is 71.8 cm³/mol. The molecule has 19 heavy (non-hydrogen) atoms. The number of hydrogen-bond acceptors (Lipinski definition) is 4. The molecule has 6 nitrogen and oxygen atoms in total. The zero-order chi connectivity index (χ0) is 13.8. The minimum Gasteiger partial charge on any atom is -0.394 e. The van der Waals surface area contributed by atoms with Gasteiger partial charge in [-0.3, -0.25) is 0 Å². The van der Waals surface area contributed by atoms with Gasteiger partial charge in [0.15, 0.2) is 0 Å². The summed E-state index contributed by atoms with van der Waals surface area (Å²) < 4.78 is 0. The second-order valence-corrected chi connectivity index (χ2v) is 5.80. The first-order chi connectivity index (χ1) is 9.10. The number of urea groups is 1. The van der Waals surface area contributed by atoms with Crippen molar-refractivity contribution in [2.45, 2.75) is 31.9 Å². The Morgan fingerprint density at radius 3 is 2.63 bits per heavy atom. The van der Waals surface area contributed by atoms with Gasteiger partial charge in [0.1, 0.15) is 0 Å². The van der Waals surface area contributed by atoms with Crippen molar-refractivity contribution >= 4 is 6.03 Å². The van der Waals surface area contributed by atoms with Gasteiger partial charge in [0, 0.05) is 38.8 Å². The topological polar surface area (TPSA) is 76.0 Å². The number of amides is 2. The molecule has 3 atom stereocenters. The van der Waals surface area contributed by atoms with Gasteiger partial charge in [-0.1, -0.05) is 6.92 Å². The lowest BCUT2D eigenvalue weighted by Gasteiger charge is -2.24. The molecule has 0 bridgehead atoms. The third kappa shape index (κ3) is 3.81. The minimum absolute atomic E-state index is 0.149. The van der Waals surface area contributed by atoms with Gasteiger partial charge < -0.3 is 25.3 Å². The quantitative estimate of drug-likeness (QED) is 0.642. The fourth-order valence-corrected chi connectivity index (χ4v) is 2.78. The van der Waals surface area contributed by atoms with E-state index in [1.807, 2.05) is 9.80 Å². The van der Waals surface area contributed by atoms with Crippen LogP contribution >= 0.6 is 0 Å². The summed E-state index contributed by atoms with van der Waals surface area (Å²) in [6.45, 7) is 5.54. The summed E-state index contributed by atoms with van der Waals surface area (Å²) in [5.41, 5.74) is 0. The average molecular weight is 271 g/mol. The summed E-state index contributed by atoms with van der Waals surface area (Å²) in [5, 5.41) is 21.2. The fourth-order valence-electron chi connectivity index (χ4n) is 2.78. The van der Waals surface area contributed by atoms with Crippen LogP contribution in [-0.4, -0.2) is 77.5 Å². The van der Waals surface area contributed by atoms with Crippen LogP contribution in [0.4, 0.5) is 4.79 Å². The van der Waals surface area contributed by atoms with E-state index >= 15 is 0 Å². The van der Waals surface area contributed by atoms with Gasteiger partial charge in [0.05, 0.1) is 12.7 Å². The Hall–Kier alpha value is -0.850. The minimum atomic E-state index is -0.718. The molecule has 2 saturated heterocycles. The van der Waals surface area contributed by atoms with Crippen molar-refractivity contribution in [1.29, 1.82) is 0 Å². The Kier molecular flexibility index (Phi) is 5.01. The van der Waals surface area contributed by atoms with Crippen LogP contribution in [0, 0.1) is 5.92 Å². The van der Waals surface area contributed by atoms with Gasteiger partial charge in [-0.25, -0.2) is 4.79 Å². The molecule has 3 unspecified atom stereocenters. The molecule has 0 aliphatic carbocycles. The maximum Gasteiger partial charge on any atom is 0.320 e. The van der Waals surface area contributed by atoms with Gasteiger partial charge in [-0.05, 0) is 18.8 Å². The average Bonchev–Trinajstić information content (AvgIpc) is 3.04. The molecule has 2 amide bonds. The van der Waals surface area contributed by atoms with Crippen molar-refractivity contribution in [2.75, 3.05) is 39.3 Å². The molecule has 0 aromatic rings. The first-order valence-electron chi connectivity index (χ1n) is 7.16. The Morgan fingerprint density at radius 2 is 2.00 bits per heavy atom. The van der Waals surface area contributed by atoms with Crippen LogP contribution in [0.2, 0.25) is 0 Å². The van der Waals surface area contributed by atoms with E-state index in [0.717, 1.165) is 32.5 Å². The number of carbonyl (C=O) groups is 1. The Labute approximate surface area is 114 Å². The number of aliphatic hydroxyl groups is 2. The number of rotatable bonds is 4. The van der Waals surface area contributed by atoms with E-state index in [-0.39, 0.29) is 18.7 Å². The van der Waals surface area contributed by atoms with Crippen LogP contribution in [-0.2, 0) is 0 Å². The Balaban J connectivity index is 1.73. The molecule has 2 aliphatic rings. The first kappa shape index (κ1) is 14.6. The third-order valence-electron chi connectivity index (χ3n) is 4.01. The predicted octanol–water partition coefficient (Wildman–Crippen LogP) is -0.535. The van der Waals surface area contributed by atoms with Crippen LogP contribution in [0.25, 0.3) is 0 Å². The van der Waals surface area contributed by atoms with E-state index in [1.165, 1.54) is 0 Å². The van der Waals surface area contributed by atoms with Crippen molar-refractivity contribution in [3.63, 3.8) is 0 Å². The molecule has 6 heteroatoms. The highest BCUT2D eigenvalue weighted by molar-refractivity contribution is 5.75. The molecule has 0 radical (unpaired) electrons. The molecular weight excluding hydrogens is 246 g/mol. The largest absolute Gasteiger partial charge is 0.394 e. The van der Waals surface area contributed by atoms with Crippen LogP contribution in [0.5, 0.6) is 0 Å². The van der Waals surface area contributed by atoms with Crippen molar-refractivity contribution in [3.8, 4) is 0 Å². The standard InChI is InChI=1S/C13H25N3O3/c1-10-2-4-15(7-10)13(19)16-5-3-11(8-16)14-6-12(18)9-17/h10-12,14,17-18H,2-9H2,1H3. The zero-order valence-electron chi connectivity index (χ0n) is 11.6. The monoisotopic (exact) mass is 271 g/mol. The van der Waals surface area contributed by atoms with E-state index in [0.29, 0.717) is 19.0 Å². The summed E-state index contributed by atoms with van der Waals surface area (Å²) in [6.07, 6.45) is 1.29. The van der Waals surface area contributed by atoms with E-state index < -0.39 is 6.10 Å². The summed E-state index contributed by atoms with van der Waals surface area (Å²) in [4.78, 5) is 16.1. The molecule has 110 valence electrons. The second kappa shape index (κ2) is 6.54. The summed E-state index contributed by atoms with van der Waals surface area (Å²) >= 11 is 0. The number of hydrogen-bond donors (Lipinski definition) is 3. The SMILES string of the molecule is CC1CCN(C(=O)N2CCC(NCC(O)CO)C2)C1. The maximum absolute atomic E-state index is 12.3. The summed E-state index contributed by atoms with van der Waals surface area (Å²) in [7, 11) is 0. The molecule has 2 heterocycles. The van der Waals surface area contributed by atoms with Crippen LogP contribution in [0.15, 0.2) is 0 Å². The van der Waals surface area contributed by atoms with Crippen LogP contribution in [0.1, 0.15) is 19.8 Å². The fraction of sp³-hybridized carbons (Fsp3) is 0.923. The Bertz CT molecular complexity index is 314. The molecule has 0 aromatic carbocycles. The molecular formula is C13H25N3O3. The number of aliphatic hydroxyl groups excluding tert-OH is 2. The normalized spacial score (nSPS) is 29.0. The second-order valence-electron chi connectivity index (χ2n) is 5.80. The zero-order valence-corrected chi connectivity index (χ0v) is 11.6. The molecule has 0 spiro atoms. The highest BCUT2D eigenvalue weighted by Crippen LogP contribution is 2.19. The highest BCUT2D eigenvalue weighted by Gasteiger charge is 2.31. The first-order valence-corrected chi connectivity index (χ1v) is 7.16. The van der Waals surface area contributed by atoms with E-state index in [2.05, 4.69) is 12.2 Å². The van der Waals surface area contributed by atoms with Gasteiger partial charge in [-0.15, -0.1) is 0 Å². The summed E-state index contributed by atoms with van der Waals surface area (Å²) in [5.74, 6) is 0.611. The van der Waals surface area contributed by atoms with E-state index in [9.17, 15) is 9.90 Å². The molecule has 2 aliphatic heterocycles. The molecule has 0 aromatic heterocycles. The van der Waals surface area contributed by atoms with Crippen LogP contribution < -0.4 is 5.32 Å². The lowest BCUT2D eigenvalue weighted by molar-refractivity contribution is 0.0920. The van der Waals surface area contributed by atoms with Gasteiger partial charge in [0.25, 0.3) is 0 Å². The molecule has 3 N–H and O–H groups in total. The number of carbonyl (C=O) groups excluding carboxylic acids is 1. The lowest BCUT2D eigenvalue weighted by atomic mass is 10.2. The lowest BCUT2D eigenvalue weighted by Crippen LogP contribution is -2.43. The smallest absolute Gasteiger partial charge is 0.320 e. The molecule has 0 saturated carbocycles. The highest BCUT2D eigenvalue weighted by atomic mass is 16.3. The van der Waals surface area contributed by atoms with Crippen LogP contribution in [0.3, 0.4) is 0 Å². The van der Waals surface area contributed by atoms with Crippen molar-refractivity contribution in [2.24, 2.45) is 5.92 Å². The molecule has 2 fully saturated rings. The van der Waals surface area contributed by atoms with Crippen molar-refractivity contribution in [1.82, 2.24) is 15.1 Å². The number of likely N-dealkylation sites (tertiary alicyclic amines) is 2. The number of nitrogens with zero attached hydrogens (tertiary/aromatic N) is 2. The van der Waals surface area contributed by atoms with Crippen molar-refractivity contribution < 1.29 is 15.0 Å². The van der Waals surface area contributed by atoms with Gasteiger partial charge in [0.2, 0.25) is 0 Å². The summed E-state index contributed by atoms with van der Waals surface area (Å²) in [6, 6.07) is 0.376. The maximum atomic E-state index is 12.3. The van der Waals surface area contributed by atoms with Gasteiger partial charge >= 0.3 is 6.03 Å². The Morgan fingerprint density at radius 1 is 1.32 bits per heavy atom. The number of nitrogens with one attached hydrogen (secondary N) is 1. The van der Waals surface area contributed by atoms with Gasteiger partial charge in [-0.2, -0.15) is 0 Å². The third-order valence-corrected chi connectivity index (χ3v) is 4.01. The van der Waals surface area contributed by atoms with Crippen molar-refractivity contribution in [3.05, 3.63) is 0 Å². The van der Waals surface area contributed by atoms with E-state index in [4.69, 9.17) is 5.11 Å². The molecule has 2 rings (SSSR count). The van der Waals surface area contributed by atoms with E-state index in [1.54, 1.807) is 0 Å².